The molecule has 0 bridgehead atoms. The molecule has 0 aliphatic carbocycles. The van der Waals surface area contributed by atoms with E-state index in [4.69, 9.17) is 21.7 Å². The number of halogens is 1. The third kappa shape index (κ3) is 4.57. The molecule has 2 aliphatic rings. The van der Waals surface area contributed by atoms with Crippen LogP contribution in [0.2, 0.25) is 0 Å². The summed E-state index contributed by atoms with van der Waals surface area (Å²) in [6.07, 6.45) is 0. The molecule has 1 unspecified atom stereocenters. The number of ether oxygens (including phenoxy) is 1. The minimum Gasteiger partial charge on any atom is -0.508 e. The van der Waals surface area contributed by atoms with E-state index in [0.717, 1.165) is 4.90 Å². The Morgan fingerprint density at radius 2 is 2.03 bits per heavy atom. The first-order chi connectivity index (χ1) is 13.8. The Morgan fingerprint density at radius 3 is 2.69 bits per heavy atom. The van der Waals surface area contributed by atoms with Gasteiger partial charge in [0.15, 0.2) is 0 Å². The van der Waals surface area contributed by atoms with Crippen molar-refractivity contribution in [2.75, 3.05) is 18.9 Å². The molecule has 0 saturated carbocycles. The highest BCUT2D eigenvalue weighted by molar-refractivity contribution is 8.00. The maximum atomic E-state index is 12.3. The van der Waals surface area contributed by atoms with E-state index in [-0.39, 0.29) is 41.2 Å². The number of thioether (sulfide) groups is 1. The summed E-state index contributed by atoms with van der Waals surface area (Å²) in [7, 11) is 0. The number of benzene rings is 1. The van der Waals surface area contributed by atoms with E-state index in [1.807, 2.05) is 0 Å². The predicted molar refractivity (Wildman–Crippen MR) is 105 cm³/mol. The predicted octanol–water partition coefficient (Wildman–Crippen LogP) is 0.273. The molecule has 0 radical (unpaired) electrons. The first-order valence-corrected chi connectivity index (χ1v) is 9.79. The fourth-order valence-electron chi connectivity index (χ4n) is 2.74. The summed E-state index contributed by atoms with van der Waals surface area (Å²) in [5.74, 6) is -1.62. The van der Waals surface area contributed by atoms with Gasteiger partial charge in [0.25, 0.3) is 5.91 Å². The maximum Gasteiger partial charge on any atom is 0.353 e. The Balaban J connectivity index is 1.44. The van der Waals surface area contributed by atoms with Crippen LogP contribution in [0.1, 0.15) is 0 Å². The fraction of sp³-hybridized carbons (Fsp3) is 0.294. The van der Waals surface area contributed by atoms with Crippen molar-refractivity contribution in [3.05, 3.63) is 35.0 Å². The van der Waals surface area contributed by atoms with Crippen LogP contribution in [-0.2, 0) is 14.4 Å². The molecule has 2 aliphatic heterocycles. The van der Waals surface area contributed by atoms with E-state index in [2.05, 4.69) is 10.6 Å². The molecule has 10 nitrogen and oxygen atoms in total. The molecule has 154 valence electrons. The van der Waals surface area contributed by atoms with Crippen LogP contribution in [0.3, 0.4) is 0 Å². The number of carboxylic acid groups (broad SMARTS) is 1. The third-order valence-electron chi connectivity index (χ3n) is 4.12. The van der Waals surface area contributed by atoms with Gasteiger partial charge in [0.1, 0.15) is 41.1 Å². The summed E-state index contributed by atoms with van der Waals surface area (Å²) in [6, 6.07) is 5.12. The average Bonchev–Trinajstić information content (AvgIpc) is 2.69. The number of hydrogen-bond donors (Lipinski definition) is 5. The van der Waals surface area contributed by atoms with Crippen molar-refractivity contribution < 1.29 is 29.3 Å². The van der Waals surface area contributed by atoms with Crippen molar-refractivity contribution in [1.82, 2.24) is 15.5 Å². The average molecular weight is 441 g/mol. The lowest BCUT2D eigenvalue weighted by molar-refractivity contribution is -0.150. The Morgan fingerprint density at radius 1 is 1.34 bits per heavy atom. The van der Waals surface area contributed by atoms with Gasteiger partial charge in [-0.3, -0.25) is 19.9 Å². The quantitative estimate of drug-likeness (QED) is 0.230. The van der Waals surface area contributed by atoms with Crippen molar-refractivity contribution in [3.63, 3.8) is 0 Å². The summed E-state index contributed by atoms with van der Waals surface area (Å²) >= 11 is 7.16. The number of carboxylic acids is 1. The van der Waals surface area contributed by atoms with Crippen molar-refractivity contribution in [3.8, 4) is 11.5 Å². The summed E-state index contributed by atoms with van der Waals surface area (Å²) in [5, 5.41) is 30.9. The van der Waals surface area contributed by atoms with Crippen LogP contribution in [0.25, 0.3) is 0 Å². The van der Waals surface area contributed by atoms with Gasteiger partial charge in [-0.15, -0.1) is 11.8 Å². The van der Waals surface area contributed by atoms with Crippen LogP contribution < -0.4 is 15.4 Å². The van der Waals surface area contributed by atoms with Crippen LogP contribution in [0.4, 0.5) is 0 Å². The van der Waals surface area contributed by atoms with Gasteiger partial charge in [-0.2, -0.15) is 0 Å². The van der Waals surface area contributed by atoms with Gasteiger partial charge in [0.05, 0.1) is 11.6 Å². The van der Waals surface area contributed by atoms with E-state index in [9.17, 15) is 24.6 Å². The standard InChI is InChI=1S/C17H17ClN4O6S/c18-10-7-29-16-13(15(25)22(16)14(10)17(26)27)21-12(24)5-20-11(19)6-28-9-3-1-8(23)2-4-9/h1-4,13,16,23H,5-7H2,(H2,19,20)(H,21,24)(H,26,27)/t13?,16-/m0/s1. The molecule has 12 heteroatoms. The van der Waals surface area contributed by atoms with Crippen molar-refractivity contribution in [2.45, 2.75) is 11.4 Å². The van der Waals surface area contributed by atoms with Gasteiger partial charge in [-0.05, 0) is 24.3 Å². The molecule has 3 rings (SSSR count). The molecule has 1 aromatic rings. The third-order valence-corrected chi connectivity index (χ3v) is 5.87. The molecule has 2 heterocycles. The van der Waals surface area contributed by atoms with Crippen LogP contribution in [0.15, 0.2) is 35.0 Å². The molecule has 2 amide bonds. The molecule has 0 aromatic heterocycles. The summed E-state index contributed by atoms with van der Waals surface area (Å²) in [4.78, 5) is 36.7. The first-order valence-electron chi connectivity index (χ1n) is 8.37. The van der Waals surface area contributed by atoms with E-state index >= 15 is 0 Å². The van der Waals surface area contributed by atoms with Crippen molar-refractivity contribution in [1.29, 1.82) is 5.41 Å². The van der Waals surface area contributed by atoms with Crippen LogP contribution in [0, 0.1) is 5.41 Å². The smallest absolute Gasteiger partial charge is 0.353 e. The van der Waals surface area contributed by atoms with Gasteiger partial charge >= 0.3 is 5.97 Å². The lowest BCUT2D eigenvalue weighted by Gasteiger charge is -2.48. The molecule has 1 aromatic carbocycles. The number of carbonyl (C=O) groups is 3. The molecule has 29 heavy (non-hydrogen) atoms. The largest absolute Gasteiger partial charge is 0.508 e. The van der Waals surface area contributed by atoms with Crippen LogP contribution >= 0.6 is 23.4 Å². The second-order valence-electron chi connectivity index (χ2n) is 6.13. The topological polar surface area (TPSA) is 152 Å². The Labute approximate surface area is 174 Å². The molecule has 5 N–H and O–H groups in total. The molecule has 1 fully saturated rings. The normalized spacial score (nSPS) is 20.4. The number of carbonyl (C=O) groups excluding carboxylic acids is 2. The SMILES string of the molecule is N=C(COc1ccc(O)cc1)NCC(=O)NC1C(=O)N2C(C(=O)O)=C(Cl)CS[C@@H]12. The lowest BCUT2D eigenvalue weighted by Crippen LogP contribution is -2.70. The molecular weight excluding hydrogens is 424 g/mol. The van der Waals surface area contributed by atoms with Gasteiger partial charge in [-0.25, -0.2) is 4.79 Å². The van der Waals surface area contributed by atoms with Crippen LogP contribution in [-0.4, -0.2) is 69.1 Å². The highest BCUT2D eigenvalue weighted by Gasteiger charge is 2.54. The fourth-order valence-corrected chi connectivity index (χ4v) is 4.29. The number of nitrogens with zero attached hydrogens (tertiary/aromatic N) is 1. The van der Waals surface area contributed by atoms with Crippen LogP contribution in [0.5, 0.6) is 11.5 Å². The monoisotopic (exact) mass is 440 g/mol. The number of rotatable bonds is 7. The second-order valence-corrected chi connectivity index (χ2v) is 7.69. The van der Waals surface area contributed by atoms with Gasteiger partial charge in [-0.1, -0.05) is 11.6 Å². The number of β-lactam (4-membered cyclic amide) rings is 1. The Kier molecular flexibility index (Phi) is 6.18. The number of hydrogen-bond acceptors (Lipinski definition) is 7. The number of amides is 2. The van der Waals surface area contributed by atoms with E-state index in [1.54, 1.807) is 0 Å². The van der Waals surface area contributed by atoms with Crippen molar-refractivity contribution >= 4 is 47.0 Å². The number of phenols is 1. The number of nitrogens with one attached hydrogen (secondary N) is 3. The minimum atomic E-state index is -1.29. The molecule has 0 spiro atoms. The van der Waals surface area contributed by atoms with E-state index in [0.29, 0.717) is 5.75 Å². The zero-order chi connectivity index (χ0) is 21.1. The molecular formula is C17H17ClN4O6S. The lowest BCUT2D eigenvalue weighted by atomic mass is 10.1. The summed E-state index contributed by atoms with van der Waals surface area (Å²) < 4.78 is 5.33. The zero-order valence-electron chi connectivity index (χ0n) is 14.8. The summed E-state index contributed by atoms with van der Waals surface area (Å²) in [5.41, 5.74) is -0.253. The highest BCUT2D eigenvalue weighted by atomic mass is 35.5. The van der Waals surface area contributed by atoms with E-state index in [1.165, 1.54) is 36.0 Å². The maximum absolute atomic E-state index is 12.3. The Hall–Kier alpha value is -2.92. The number of aromatic hydroxyl groups is 1. The first kappa shape index (κ1) is 20.8. The number of phenolic OH excluding ortho intramolecular Hbond substituents is 1. The number of fused-ring (bicyclic) bond motifs is 1. The second kappa shape index (κ2) is 8.62. The van der Waals surface area contributed by atoms with Gasteiger partial charge < -0.3 is 25.6 Å². The van der Waals surface area contributed by atoms with Gasteiger partial charge in [0, 0.05) is 5.75 Å². The number of amidine groups is 1. The minimum absolute atomic E-state index is 0.0512. The Bertz CT molecular complexity index is 890. The molecule has 2 atom stereocenters. The number of aliphatic carboxylic acids is 1. The van der Waals surface area contributed by atoms with Gasteiger partial charge in [0.2, 0.25) is 5.91 Å². The van der Waals surface area contributed by atoms with Crippen molar-refractivity contribution in [2.24, 2.45) is 0 Å². The highest BCUT2D eigenvalue weighted by Crippen LogP contribution is 2.41. The summed E-state index contributed by atoms with van der Waals surface area (Å²) in [6.45, 7) is -0.362. The zero-order valence-corrected chi connectivity index (χ0v) is 16.4. The molecule has 1 saturated heterocycles. The van der Waals surface area contributed by atoms with E-state index < -0.39 is 29.2 Å².